The summed E-state index contributed by atoms with van der Waals surface area (Å²) in [6.45, 7) is 4.48. The van der Waals surface area contributed by atoms with Gasteiger partial charge in [-0.15, -0.1) is 0 Å². The van der Waals surface area contributed by atoms with Gasteiger partial charge in [0.05, 0.1) is 7.11 Å². The summed E-state index contributed by atoms with van der Waals surface area (Å²) in [5, 5.41) is 0. The van der Waals surface area contributed by atoms with E-state index in [1.165, 1.54) is 25.1 Å². The number of ether oxygens (including phenoxy) is 1. The summed E-state index contributed by atoms with van der Waals surface area (Å²) >= 11 is 0. The molecule has 1 aliphatic heterocycles. The first-order chi connectivity index (χ1) is 4.88. The Morgan fingerprint density at radius 1 is 1.70 bits per heavy atom. The molecule has 0 saturated carbocycles. The molecule has 0 unspecified atom stereocenters. The van der Waals surface area contributed by atoms with Crippen LogP contribution in [-0.4, -0.2) is 25.1 Å². The first kappa shape index (κ1) is 7.45. The van der Waals surface area contributed by atoms with E-state index in [9.17, 15) is 0 Å². The summed E-state index contributed by atoms with van der Waals surface area (Å²) < 4.78 is 4.95. The molecule has 1 heterocycles. The fraction of sp³-hybridized carbons (Fsp3) is 0.750. The Kier molecular flexibility index (Phi) is 2.60. The van der Waals surface area contributed by atoms with Crippen LogP contribution in [0.3, 0.4) is 0 Å². The highest BCUT2D eigenvalue weighted by Gasteiger charge is 2.14. The molecule has 0 aliphatic carbocycles. The predicted octanol–water partition coefficient (Wildman–Crippen LogP) is 1.59. The summed E-state index contributed by atoms with van der Waals surface area (Å²) in [6.07, 6.45) is 4.32. The number of hydrogen-bond donors (Lipinski definition) is 0. The Labute approximate surface area is 62.5 Å². The number of likely N-dealkylation sites (tertiary alicyclic amines) is 1. The van der Waals surface area contributed by atoms with Crippen molar-refractivity contribution in [2.75, 3.05) is 20.2 Å². The molecular weight excluding hydrogens is 126 g/mol. The quantitative estimate of drug-likeness (QED) is 0.541. The van der Waals surface area contributed by atoms with Gasteiger partial charge >= 0.3 is 0 Å². The summed E-state index contributed by atoms with van der Waals surface area (Å²) in [7, 11) is 1.71. The van der Waals surface area contributed by atoms with Crippen molar-refractivity contribution in [2.24, 2.45) is 0 Å². The average molecular weight is 141 g/mol. The molecule has 0 bridgehead atoms. The molecule has 10 heavy (non-hydrogen) atoms. The second-order valence-electron chi connectivity index (χ2n) is 2.53. The predicted molar refractivity (Wildman–Crippen MR) is 41.6 cm³/mol. The van der Waals surface area contributed by atoms with Crippen LogP contribution >= 0.6 is 0 Å². The summed E-state index contributed by atoms with van der Waals surface area (Å²) in [5.74, 6) is 0. The second-order valence-corrected chi connectivity index (χ2v) is 2.53. The lowest BCUT2D eigenvalue weighted by molar-refractivity contribution is 0.311. The zero-order valence-electron chi connectivity index (χ0n) is 6.76. The maximum absolute atomic E-state index is 4.95. The molecule has 2 nitrogen and oxygen atoms in total. The van der Waals surface area contributed by atoms with Crippen LogP contribution in [0.4, 0.5) is 0 Å². The standard InChI is InChI=1S/C8H15NO/c1-3-9-6-4-5-8(9)7-10-2/h7H,3-6H2,1-2H3/b8-7+. The molecule has 2 heteroatoms. The highest BCUT2D eigenvalue weighted by Crippen LogP contribution is 2.19. The van der Waals surface area contributed by atoms with Gasteiger partial charge in [-0.25, -0.2) is 0 Å². The molecule has 0 atom stereocenters. The molecule has 0 aromatic rings. The van der Waals surface area contributed by atoms with Crippen LogP contribution in [-0.2, 0) is 4.74 Å². The number of allylic oxidation sites excluding steroid dienone is 1. The van der Waals surface area contributed by atoms with Gasteiger partial charge in [-0.3, -0.25) is 0 Å². The van der Waals surface area contributed by atoms with E-state index in [4.69, 9.17) is 4.74 Å². The third-order valence-electron chi connectivity index (χ3n) is 1.90. The third-order valence-corrected chi connectivity index (χ3v) is 1.90. The van der Waals surface area contributed by atoms with E-state index >= 15 is 0 Å². The molecule has 58 valence electrons. The molecule has 1 saturated heterocycles. The van der Waals surface area contributed by atoms with Gasteiger partial charge in [-0.2, -0.15) is 0 Å². The Balaban J connectivity index is 2.49. The molecule has 0 aromatic carbocycles. The Hall–Kier alpha value is -0.660. The van der Waals surface area contributed by atoms with Gasteiger partial charge in [0, 0.05) is 18.8 Å². The van der Waals surface area contributed by atoms with Crippen molar-refractivity contribution >= 4 is 0 Å². The van der Waals surface area contributed by atoms with Gasteiger partial charge in [-0.05, 0) is 19.8 Å². The van der Waals surface area contributed by atoms with Crippen LogP contribution < -0.4 is 0 Å². The first-order valence-electron chi connectivity index (χ1n) is 3.85. The Morgan fingerprint density at radius 3 is 3.10 bits per heavy atom. The van der Waals surface area contributed by atoms with E-state index in [1.807, 2.05) is 6.26 Å². The fourth-order valence-corrected chi connectivity index (χ4v) is 1.38. The number of nitrogens with zero attached hydrogens (tertiary/aromatic N) is 1. The SMILES string of the molecule is CCN1CCC/C1=C\OC. The van der Waals surface area contributed by atoms with Crippen LogP contribution in [0.15, 0.2) is 12.0 Å². The number of rotatable bonds is 2. The van der Waals surface area contributed by atoms with Crippen molar-refractivity contribution in [1.29, 1.82) is 0 Å². The molecule has 1 fully saturated rings. The van der Waals surface area contributed by atoms with Gasteiger partial charge < -0.3 is 9.64 Å². The number of methoxy groups -OCH3 is 1. The molecule has 0 spiro atoms. The van der Waals surface area contributed by atoms with E-state index in [0.717, 1.165) is 6.54 Å². The summed E-state index contributed by atoms with van der Waals surface area (Å²) in [5.41, 5.74) is 1.35. The highest BCUT2D eigenvalue weighted by atomic mass is 16.5. The van der Waals surface area contributed by atoms with E-state index in [2.05, 4.69) is 11.8 Å². The smallest absolute Gasteiger partial charge is 0.102 e. The van der Waals surface area contributed by atoms with Crippen molar-refractivity contribution in [1.82, 2.24) is 4.90 Å². The lowest BCUT2D eigenvalue weighted by Gasteiger charge is -2.16. The topological polar surface area (TPSA) is 12.5 Å². The van der Waals surface area contributed by atoms with Gasteiger partial charge in [0.15, 0.2) is 0 Å². The minimum atomic E-state index is 1.11. The minimum absolute atomic E-state index is 1.11. The van der Waals surface area contributed by atoms with Crippen molar-refractivity contribution in [3.05, 3.63) is 12.0 Å². The zero-order valence-corrected chi connectivity index (χ0v) is 6.76. The second kappa shape index (κ2) is 3.49. The van der Waals surface area contributed by atoms with Crippen LogP contribution in [0.2, 0.25) is 0 Å². The van der Waals surface area contributed by atoms with Crippen LogP contribution in [0.1, 0.15) is 19.8 Å². The van der Waals surface area contributed by atoms with Gasteiger partial charge in [0.2, 0.25) is 0 Å². The Morgan fingerprint density at radius 2 is 2.50 bits per heavy atom. The van der Waals surface area contributed by atoms with E-state index in [-0.39, 0.29) is 0 Å². The van der Waals surface area contributed by atoms with Crippen molar-refractivity contribution in [2.45, 2.75) is 19.8 Å². The monoisotopic (exact) mass is 141 g/mol. The van der Waals surface area contributed by atoms with Crippen LogP contribution in [0.5, 0.6) is 0 Å². The molecular formula is C8H15NO. The highest BCUT2D eigenvalue weighted by molar-refractivity contribution is 5.01. The molecule has 0 aromatic heterocycles. The van der Waals surface area contributed by atoms with Crippen molar-refractivity contribution < 1.29 is 4.74 Å². The lowest BCUT2D eigenvalue weighted by atomic mass is 10.3. The van der Waals surface area contributed by atoms with Crippen molar-refractivity contribution in [3.63, 3.8) is 0 Å². The van der Waals surface area contributed by atoms with E-state index < -0.39 is 0 Å². The summed E-state index contributed by atoms with van der Waals surface area (Å²) in [6, 6.07) is 0. The zero-order chi connectivity index (χ0) is 7.40. The largest absolute Gasteiger partial charge is 0.503 e. The maximum Gasteiger partial charge on any atom is 0.102 e. The average Bonchev–Trinajstić information content (AvgIpc) is 2.36. The lowest BCUT2D eigenvalue weighted by Crippen LogP contribution is -2.16. The molecule has 0 N–H and O–H groups in total. The third kappa shape index (κ3) is 1.43. The van der Waals surface area contributed by atoms with E-state index in [0.29, 0.717) is 0 Å². The summed E-state index contributed by atoms with van der Waals surface area (Å²) in [4.78, 5) is 2.35. The minimum Gasteiger partial charge on any atom is -0.503 e. The van der Waals surface area contributed by atoms with Gasteiger partial charge in [0.1, 0.15) is 6.26 Å². The maximum atomic E-state index is 4.95. The molecule has 1 rings (SSSR count). The molecule has 1 aliphatic rings. The van der Waals surface area contributed by atoms with Crippen LogP contribution in [0, 0.1) is 0 Å². The molecule has 0 amide bonds. The van der Waals surface area contributed by atoms with Gasteiger partial charge in [0.25, 0.3) is 0 Å². The number of hydrogen-bond acceptors (Lipinski definition) is 2. The van der Waals surface area contributed by atoms with Crippen molar-refractivity contribution in [3.8, 4) is 0 Å². The molecule has 0 radical (unpaired) electrons. The normalized spacial score (nSPS) is 22.2. The van der Waals surface area contributed by atoms with E-state index in [1.54, 1.807) is 7.11 Å². The fourth-order valence-electron chi connectivity index (χ4n) is 1.38. The Bertz CT molecular complexity index is 131. The first-order valence-corrected chi connectivity index (χ1v) is 3.85. The van der Waals surface area contributed by atoms with Gasteiger partial charge in [-0.1, -0.05) is 0 Å². The van der Waals surface area contributed by atoms with Crippen LogP contribution in [0.25, 0.3) is 0 Å².